The number of nitrogens with zero attached hydrogens (tertiary/aromatic N) is 1. The molecule has 0 aliphatic rings. The molecule has 0 radical (unpaired) electrons. The molecule has 1 aromatic carbocycles. The summed E-state index contributed by atoms with van der Waals surface area (Å²) < 4.78 is 5.01. The van der Waals surface area contributed by atoms with Crippen LogP contribution in [-0.4, -0.2) is 21.2 Å². The maximum absolute atomic E-state index is 10.7. The number of carboxylic acid groups (broad SMARTS) is 1. The first-order valence-corrected chi connectivity index (χ1v) is 5.43. The van der Waals surface area contributed by atoms with E-state index in [9.17, 15) is 4.79 Å². The fourth-order valence-electron chi connectivity index (χ4n) is 1.88. The van der Waals surface area contributed by atoms with Crippen molar-refractivity contribution in [1.82, 2.24) is 10.1 Å². The number of aryl methyl sites for hydroxylation is 1. The van der Waals surface area contributed by atoms with E-state index >= 15 is 0 Å². The van der Waals surface area contributed by atoms with Crippen molar-refractivity contribution < 1.29 is 14.4 Å². The maximum Gasteiger partial charge on any atom is 0.358 e. The molecule has 0 bridgehead atoms. The Morgan fingerprint density at radius 1 is 1.33 bits per heavy atom. The van der Waals surface area contributed by atoms with Crippen LogP contribution < -0.4 is 0 Å². The van der Waals surface area contributed by atoms with Crippen LogP contribution in [0.25, 0.3) is 22.4 Å². The Morgan fingerprint density at radius 3 is 2.89 bits per heavy atom. The molecule has 3 aromatic rings. The summed E-state index contributed by atoms with van der Waals surface area (Å²) in [5.74, 6) is -0.682. The molecule has 0 aliphatic heterocycles. The van der Waals surface area contributed by atoms with Crippen molar-refractivity contribution in [3.63, 3.8) is 0 Å². The molecule has 0 saturated carbocycles. The minimum atomic E-state index is -1.10. The number of H-pyrrole nitrogens is 1. The number of benzene rings is 1. The Balaban J connectivity index is 2.10. The first-order valence-electron chi connectivity index (χ1n) is 5.43. The summed E-state index contributed by atoms with van der Waals surface area (Å²) in [7, 11) is 0. The summed E-state index contributed by atoms with van der Waals surface area (Å²) in [6.45, 7) is 2.01. The molecule has 5 nitrogen and oxygen atoms in total. The van der Waals surface area contributed by atoms with Gasteiger partial charge in [0.1, 0.15) is 0 Å². The van der Waals surface area contributed by atoms with Gasteiger partial charge in [0.25, 0.3) is 0 Å². The summed E-state index contributed by atoms with van der Waals surface area (Å²) in [5.41, 5.74) is 2.76. The fourth-order valence-corrected chi connectivity index (χ4v) is 1.88. The zero-order chi connectivity index (χ0) is 12.7. The highest BCUT2D eigenvalue weighted by atomic mass is 16.5. The van der Waals surface area contributed by atoms with Gasteiger partial charge in [0.05, 0.1) is 5.69 Å². The smallest absolute Gasteiger partial charge is 0.358 e. The van der Waals surface area contributed by atoms with E-state index in [4.69, 9.17) is 9.63 Å². The van der Waals surface area contributed by atoms with Gasteiger partial charge in [-0.25, -0.2) is 4.79 Å². The number of aromatic nitrogens is 2. The van der Waals surface area contributed by atoms with E-state index in [1.54, 1.807) is 0 Å². The quantitative estimate of drug-likeness (QED) is 0.724. The van der Waals surface area contributed by atoms with Crippen molar-refractivity contribution in [2.75, 3.05) is 0 Å². The number of fused-ring (bicyclic) bond motifs is 1. The van der Waals surface area contributed by atoms with Crippen molar-refractivity contribution in [3.8, 4) is 11.5 Å². The third-order valence-corrected chi connectivity index (χ3v) is 2.77. The summed E-state index contributed by atoms with van der Waals surface area (Å²) in [6.07, 6.45) is 0. The van der Waals surface area contributed by atoms with Crippen molar-refractivity contribution in [2.45, 2.75) is 6.92 Å². The highest BCUT2D eigenvalue weighted by molar-refractivity contribution is 5.88. The largest absolute Gasteiger partial charge is 0.476 e. The van der Waals surface area contributed by atoms with Gasteiger partial charge in [0, 0.05) is 17.0 Å². The number of hydrogen-bond acceptors (Lipinski definition) is 3. The van der Waals surface area contributed by atoms with Gasteiger partial charge in [-0.2, -0.15) is 0 Å². The summed E-state index contributed by atoms with van der Waals surface area (Å²) in [4.78, 5) is 13.9. The minimum Gasteiger partial charge on any atom is -0.476 e. The van der Waals surface area contributed by atoms with E-state index in [2.05, 4.69) is 10.1 Å². The van der Waals surface area contributed by atoms with E-state index < -0.39 is 5.97 Å². The van der Waals surface area contributed by atoms with Gasteiger partial charge in [0.2, 0.25) is 0 Å². The third-order valence-electron chi connectivity index (χ3n) is 2.77. The van der Waals surface area contributed by atoms with Gasteiger partial charge in [-0.05, 0) is 24.6 Å². The molecule has 2 aromatic heterocycles. The molecule has 0 amide bonds. The molecule has 0 atom stereocenters. The molecule has 3 rings (SSSR count). The van der Waals surface area contributed by atoms with Crippen molar-refractivity contribution in [1.29, 1.82) is 0 Å². The van der Waals surface area contributed by atoms with E-state index in [0.717, 1.165) is 22.2 Å². The number of nitrogens with one attached hydrogen (secondary N) is 1. The number of aromatic amines is 1. The molecular weight excluding hydrogens is 232 g/mol. The van der Waals surface area contributed by atoms with Crippen LogP contribution in [0.3, 0.4) is 0 Å². The summed E-state index contributed by atoms with van der Waals surface area (Å²) in [6, 6.07) is 9.34. The van der Waals surface area contributed by atoms with Crippen LogP contribution in [0, 0.1) is 6.92 Å². The van der Waals surface area contributed by atoms with E-state index in [0.29, 0.717) is 5.76 Å². The molecule has 5 heteroatoms. The average Bonchev–Trinajstić information content (AvgIpc) is 2.93. The number of carbonyl (C=O) groups is 1. The van der Waals surface area contributed by atoms with Crippen molar-refractivity contribution in [2.24, 2.45) is 0 Å². The molecule has 0 saturated heterocycles. The molecule has 18 heavy (non-hydrogen) atoms. The predicted octanol–water partition coefficient (Wildman–Crippen LogP) is 2.83. The van der Waals surface area contributed by atoms with Crippen LogP contribution in [0.4, 0.5) is 0 Å². The van der Waals surface area contributed by atoms with Crippen LogP contribution >= 0.6 is 0 Å². The van der Waals surface area contributed by atoms with Crippen LogP contribution in [-0.2, 0) is 0 Å². The Morgan fingerprint density at radius 2 is 2.17 bits per heavy atom. The molecule has 2 heterocycles. The van der Waals surface area contributed by atoms with Crippen LogP contribution in [0.5, 0.6) is 0 Å². The van der Waals surface area contributed by atoms with Gasteiger partial charge in [0.15, 0.2) is 11.5 Å². The molecular formula is C13H10N2O3. The molecule has 2 N–H and O–H groups in total. The van der Waals surface area contributed by atoms with E-state index in [1.165, 1.54) is 6.07 Å². The minimum absolute atomic E-state index is 0.0974. The average molecular weight is 242 g/mol. The Labute approximate surface area is 102 Å². The highest BCUT2D eigenvalue weighted by Gasteiger charge is 2.13. The molecule has 0 aliphatic carbocycles. The van der Waals surface area contributed by atoms with Gasteiger partial charge >= 0.3 is 5.97 Å². The molecule has 0 unspecified atom stereocenters. The maximum atomic E-state index is 10.7. The second kappa shape index (κ2) is 3.73. The van der Waals surface area contributed by atoms with Crippen molar-refractivity contribution >= 4 is 16.9 Å². The van der Waals surface area contributed by atoms with E-state index in [-0.39, 0.29) is 5.69 Å². The predicted molar refractivity (Wildman–Crippen MR) is 65.5 cm³/mol. The van der Waals surface area contributed by atoms with Gasteiger partial charge < -0.3 is 14.6 Å². The first kappa shape index (κ1) is 10.6. The lowest BCUT2D eigenvalue weighted by Crippen LogP contribution is -1.94. The number of aromatic carboxylic acids is 1. The van der Waals surface area contributed by atoms with Gasteiger partial charge in [-0.1, -0.05) is 17.3 Å². The summed E-state index contributed by atoms with van der Waals surface area (Å²) in [5, 5.41) is 13.3. The third kappa shape index (κ3) is 1.66. The van der Waals surface area contributed by atoms with Gasteiger partial charge in [-0.3, -0.25) is 0 Å². The zero-order valence-electron chi connectivity index (χ0n) is 9.60. The number of rotatable bonds is 2. The lowest BCUT2D eigenvalue weighted by atomic mass is 10.2. The Bertz CT molecular complexity index is 740. The SMILES string of the molecule is Cc1ccc2cc(-c3cc(C(=O)O)no3)[nH]c2c1. The number of carboxylic acids is 1. The van der Waals surface area contributed by atoms with E-state index in [1.807, 2.05) is 31.2 Å². The van der Waals surface area contributed by atoms with Crippen LogP contribution in [0.15, 0.2) is 34.9 Å². The Kier molecular flexibility index (Phi) is 2.19. The standard InChI is InChI=1S/C13H10N2O3/c1-7-2-3-8-5-10(14-9(8)4-7)12-6-11(13(16)17)15-18-12/h2-6,14H,1H3,(H,16,17). The van der Waals surface area contributed by atoms with Crippen LogP contribution in [0.2, 0.25) is 0 Å². The molecule has 90 valence electrons. The topological polar surface area (TPSA) is 79.1 Å². The normalized spacial score (nSPS) is 10.9. The monoisotopic (exact) mass is 242 g/mol. The summed E-state index contributed by atoms with van der Waals surface area (Å²) >= 11 is 0. The molecule has 0 spiro atoms. The molecule has 0 fully saturated rings. The number of hydrogen-bond donors (Lipinski definition) is 2. The lowest BCUT2D eigenvalue weighted by Gasteiger charge is -1.91. The lowest BCUT2D eigenvalue weighted by molar-refractivity contribution is 0.0686. The van der Waals surface area contributed by atoms with Crippen molar-refractivity contribution in [3.05, 3.63) is 41.6 Å². The highest BCUT2D eigenvalue weighted by Crippen LogP contribution is 2.25. The first-order chi connectivity index (χ1) is 8.63. The Hall–Kier alpha value is -2.56. The zero-order valence-corrected chi connectivity index (χ0v) is 9.60. The second-order valence-corrected chi connectivity index (χ2v) is 4.16. The fraction of sp³-hybridized carbons (Fsp3) is 0.0769. The van der Waals surface area contributed by atoms with Gasteiger partial charge in [-0.15, -0.1) is 0 Å². The van der Waals surface area contributed by atoms with Crippen LogP contribution in [0.1, 0.15) is 16.1 Å². The second-order valence-electron chi connectivity index (χ2n) is 4.16.